The number of hydrogen-bond donors (Lipinski definition) is 1. The van der Waals surface area contributed by atoms with Crippen LogP contribution in [-0.4, -0.2) is 31.0 Å². The Hall–Kier alpha value is -0.280. The van der Waals surface area contributed by atoms with E-state index in [4.69, 9.17) is 5.14 Å². The summed E-state index contributed by atoms with van der Waals surface area (Å²) in [6, 6.07) is 1.33. The molecular formula is C6H10N2O3S3. The van der Waals surface area contributed by atoms with Gasteiger partial charge in [0.25, 0.3) is 0 Å². The Morgan fingerprint density at radius 2 is 2.07 bits per heavy atom. The van der Waals surface area contributed by atoms with Gasteiger partial charge in [-0.25, -0.2) is 22.1 Å². The lowest BCUT2D eigenvalue weighted by Gasteiger charge is -2.05. The molecule has 0 aliphatic carbocycles. The van der Waals surface area contributed by atoms with Crippen LogP contribution < -0.4 is 5.14 Å². The van der Waals surface area contributed by atoms with Gasteiger partial charge < -0.3 is 0 Å². The molecule has 80 valence electrons. The first-order valence-electron chi connectivity index (χ1n) is 3.53. The topological polar surface area (TPSA) is 80.5 Å². The van der Waals surface area contributed by atoms with E-state index < -0.39 is 21.0 Å². The second-order valence-corrected chi connectivity index (χ2v) is 7.11. The molecule has 0 aromatic carbocycles. The van der Waals surface area contributed by atoms with Crippen LogP contribution in [0.1, 0.15) is 0 Å². The Morgan fingerprint density at radius 3 is 2.43 bits per heavy atom. The zero-order valence-electron chi connectivity index (χ0n) is 7.63. The zero-order valence-corrected chi connectivity index (χ0v) is 10.1. The van der Waals surface area contributed by atoms with Gasteiger partial charge >= 0.3 is 0 Å². The average Bonchev–Trinajstić information content (AvgIpc) is 2.49. The lowest BCUT2D eigenvalue weighted by molar-refractivity contribution is 0.599. The lowest BCUT2D eigenvalue weighted by Crippen LogP contribution is -2.15. The summed E-state index contributed by atoms with van der Waals surface area (Å²) in [6.07, 6.45) is 0. The van der Waals surface area contributed by atoms with Crippen LogP contribution in [0, 0.1) is 0 Å². The van der Waals surface area contributed by atoms with Gasteiger partial charge in [-0.05, 0) is 20.2 Å². The van der Waals surface area contributed by atoms with E-state index in [-0.39, 0.29) is 4.21 Å². The van der Waals surface area contributed by atoms with Crippen molar-refractivity contribution in [1.29, 1.82) is 0 Å². The van der Waals surface area contributed by atoms with Crippen molar-refractivity contribution in [1.82, 2.24) is 4.31 Å². The molecule has 1 aromatic rings. The van der Waals surface area contributed by atoms with Crippen LogP contribution in [0.25, 0.3) is 0 Å². The summed E-state index contributed by atoms with van der Waals surface area (Å²) in [5.41, 5.74) is 0. The van der Waals surface area contributed by atoms with E-state index in [0.29, 0.717) is 4.90 Å². The second-order valence-electron chi connectivity index (χ2n) is 2.71. The molecule has 0 aliphatic heterocycles. The normalized spacial score (nSPS) is 14.6. The summed E-state index contributed by atoms with van der Waals surface area (Å²) >= 11 is 0.970. The molecule has 1 heterocycles. The fraction of sp³-hybridized carbons (Fsp3) is 0.333. The van der Waals surface area contributed by atoms with Crippen LogP contribution in [-0.2, 0) is 21.0 Å². The van der Waals surface area contributed by atoms with Crippen molar-refractivity contribution in [3.63, 3.8) is 0 Å². The number of primary sulfonamides is 1. The molecule has 2 N–H and O–H groups in total. The van der Waals surface area contributed by atoms with Crippen LogP contribution in [0.5, 0.6) is 0 Å². The van der Waals surface area contributed by atoms with Crippen molar-refractivity contribution in [2.24, 2.45) is 5.14 Å². The van der Waals surface area contributed by atoms with E-state index in [1.807, 2.05) is 0 Å². The first-order chi connectivity index (χ1) is 6.32. The Bertz CT molecular complexity index is 449. The summed E-state index contributed by atoms with van der Waals surface area (Å²) in [5.74, 6) is 0. The Labute approximate surface area is 89.2 Å². The molecule has 1 aromatic heterocycles. The van der Waals surface area contributed by atoms with Gasteiger partial charge in [0.05, 0.1) is 4.90 Å². The van der Waals surface area contributed by atoms with E-state index in [2.05, 4.69) is 0 Å². The highest BCUT2D eigenvalue weighted by atomic mass is 32.2. The number of sulfonamides is 1. The molecule has 0 saturated heterocycles. The standard InChI is InChI=1S/C6H10N2O3S3/c1-8(2)13(9)5-3-6(12-4-5)14(7,10)11/h3-4H,1-2H3,(H2,7,10,11). The number of thiophene rings is 1. The number of rotatable bonds is 3. The van der Waals surface area contributed by atoms with Crippen LogP contribution >= 0.6 is 11.3 Å². The zero-order chi connectivity index (χ0) is 10.9. The van der Waals surface area contributed by atoms with Crippen LogP contribution in [0.2, 0.25) is 0 Å². The van der Waals surface area contributed by atoms with Crippen molar-refractivity contribution in [2.45, 2.75) is 9.10 Å². The Morgan fingerprint density at radius 1 is 1.50 bits per heavy atom. The van der Waals surface area contributed by atoms with Gasteiger partial charge in [-0.15, -0.1) is 11.3 Å². The summed E-state index contributed by atoms with van der Waals surface area (Å²) < 4.78 is 34.8. The van der Waals surface area contributed by atoms with Crippen molar-refractivity contribution in [3.05, 3.63) is 11.4 Å². The quantitative estimate of drug-likeness (QED) is 0.823. The number of hydrogen-bond acceptors (Lipinski definition) is 4. The van der Waals surface area contributed by atoms with Gasteiger partial charge in [0, 0.05) is 5.38 Å². The molecule has 0 bridgehead atoms. The summed E-state index contributed by atoms with van der Waals surface area (Å²) in [7, 11) is -1.71. The molecule has 1 rings (SSSR count). The molecule has 0 spiro atoms. The molecule has 0 radical (unpaired) electrons. The third-order valence-corrected chi connectivity index (χ3v) is 5.20. The third kappa shape index (κ3) is 2.61. The minimum atomic E-state index is -3.68. The van der Waals surface area contributed by atoms with Crippen LogP contribution in [0.4, 0.5) is 0 Å². The highest BCUT2D eigenvalue weighted by Gasteiger charge is 2.15. The first kappa shape index (κ1) is 11.8. The predicted octanol–water partition coefficient (Wildman–Crippen LogP) is -0.0203. The Kier molecular flexibility index (Phi) is 3.43. The number of nitrogens with zero attached hydrogens (tertiary/aromatic N) is 1. The molecule has 5 nitrogen and oxygen atoms in total. The van der Waals surface area contributed by atoms with Crippen molar-refractivity contribution < 1.29 is 12.6 Å². The molecule has 8 heteroatoms. The average molecular weight is 254 g/mol. The van der Waals surface area contributed by atoms with Gasteiger partial charge in [0.15, 0.2) is 0 Å². The molecule has 0 fully saturated rings. The van der Waals surface area contributed by atoms with Crippen molar-refractivity contribution >= 4 is 32.3 Å². The third-order valence-electron chi connectivity index (χ3n) is 1.37. The Balaban J connectivity index is 3.07. The van der Waals surface area contributed by atoms with E-state index in [0.717, 1.165) is 11.3 Å². The molecule has 14 heavy (non-hydrogen) atoms. The van der Waals surface area contributed by atoms with E-state index in [1.54, 1.807) is 14.1 Å². The maximum atomic E-state index is 11.5. The second kappa shape index (κ2) is 4.07. The fourth-order valence-electron chi connectivity index (χ4n) is 0.752. The van der Waals surface area contributed by atoms with Crippen LogP contribution in [0.3, 0.4) is 0 Å². The lowest BCUT2D eigenvalue weighted by atomic mass is 10.7. The summed E-state index contributed by atoms with van der Waals surface area (Å²) in [6.45, 7) is 0. The van der Waals surface area contributed by atoms with E-state index >= 15 is 0 Å². The molecule has 0 saturated carbocycles. The predicted molar refractivity (Wildman–Crippen MR) is 55.8 cm³/mol. The van der Waals surface area contributed by atoms with Crippen molar-refractivity contribution in [2.75, 3.05) is 14.1 Å². The van der Waals surface area contributed by atoms with E-state index in [9.17, 15) is 12.6 Å². The largest absolute Gasteiger partial charge is 0.247 e. The van der Waals surface area contributed by atoms with Crippen LogP contribution in [0.15, 0.2) is 20.6 Å². The molecule has 1 atom stereocenters. The highest BCUT2D eigenvalue weighted by Crippen LogP contribution is 2.21. The number of nitrogens with two attached hydrogens (primary N) is 1. The minimum Gasteiger partial charge on any atom is -0.237 e. The van der Waals surface area contributed by atoms with Gasteiger partial charge in [-0.2, -0.15) is 0 Å². The first-order valence-corrected chi connectivity index (χ1v) is 7.06. The van der Waals surface area contributed by atoms with Gasteiger partial charge in [0.2, 0.25) is 10.0 Å². The molecule has 0 amide bonds. The van der Waals surface area contributed by atoms with E-state index in [1.165, 1.54) is 15.8 Å². The monoisotopic (exact) mass is 254 g/mol. The fourth-order valence-corrected chi connectivity index (χ4v) is 3.48. The van der Waals surface area contributed by atoms with Gasteiger partial charge in [0.1, 0.15) is 15.2 Å². The minimum absolute atomic E-state index is 0.0303. The van der Waals surface area contributed by atoms with Gasteiger partial charge in [-0.3, -0.25) is 0 Å². The summed E-state index contributed by atoms with van der Waals surface area (Å²) in [4.78, 5) is 0.448. The van der Waals surface area contributed by atoms with Crippen molar-refractivity contribution in [3.8, 4) is 0 Å². The molecule has 1 unspecified atom stereocenters. The highest BCUT2D eigenvalue weighted by molar-refractivity contribution is 7.91. The molecule has 0 aliphatic rings. The SMILES string of the molecule is CN(C)S(=O)c1csc(S(N)(=O)=O)c1. The maximum absolute atomic E-state index is 11.5. The van der Waals surface area contributed by atoms with Gasteiger partial charge in [-0.1, -0.05) is 0 Å². The molecular weight excluding hydrogens is 244 g/mol. The smallest absolute Gasteiger partial charge is 0.237 e. The maximum Gasteiger partial charge on any atom is 0.247 e. The summed E-state index contributed by atoms with van der Waals surface area (Å²) in [5, 5.41) is 6.44.